The van der Waals surface area contributed by atoms with Crippen molar-refractivity contribution >= 4 is 0 Å². The van der Waals surface area contributed by atoms with Crippen molar-refractivity contribution in [2.45, 2.75) is 51.7 Å². The molecule has 19 heavy (non-hydrogen) atoms. The Kier molecular flexibility index (Phi) is 3.16. The number of phenols is 1. The third kappa shape index (κ3) is 1.78. The van der Waals surface area contributed by atoms with E-state index in [1.165, 1.54) is 6.92 Å². The number of fused-ring (bicyclic) bond motifs is 1. The summed E-state index contributed by atoms with van der Waals surface area (Å²) in [6.07, 6.45) is 0.760. The van der Waals surface area contributed by atoms with E-state index in [1.54, 1.807) is 13.8 Å². The summed E-state index contributed by atoms with van der Waals surface area (Å²) in [4.78, 5) is 0. The van der Waals surface area contributed by atoms with Gasteiger partial charge in [-0.15, -0.1) is 0 Å². The highest BCUT2D eigenvalue weighted by molar-refractivity contribution is 5.60. The van der Waals surface area contributed by atoms with E-state index in [2.05, 4.69) is 0 Å². The van der Waals surface area contributed by atoms with E-state index >= 15 is 0 Å². The van der Waals surface area contributed by atoms with Gasteiger partial charge >= 0.3 is 0 Å². The van der Waals surface area contributed by atoms with Crippen molar-refractivity contribution in [2.24, 2.45) is 0 Å². The molecule has 0 saturated heterocycles. The summed E-state index contributed by atoms with van der Waals surface area (Å²) in [5.74, 6) is 0.0341. The molecule has 2 rings (SSSR count). The van der Waals surface area contributed by atoms with Crippen LogP contribution in [0.3, 0.4) is 0 Å². The van der Waals surface area contributed by atoms with Crippen LogP contribution in [-0.2, 0) is 18.4 Å². The monoisotopic (exact) mass is 266 g/mol. The second-order valence-electron chi connectivity index (χ2n) is 5.93. The summed E-state index contributed by atoms with van der Waals surface area (Å²) in [5.41, 5.74) is 0.949. The summed E-state index contributed by atoms with van der Waals surface area (Å²) >= 11 is 0. The first-order valence-electron chi connectivity index (χ1n) is 6.55. The zero-order valence-electron chi connectivity index (χ0n) is 11.9. The molecule has 0 bridgehead atoms. The Labute approximate surface area is 113 Å². The molecule has 1 aromatic carbocycles. The third-order valence-corrected chi connectivity index (χ3v) is 4.67. The van der Waals surface area contributed by atoms with Crippen LogP contribution in [-0.4, -0.2) is 32.6 Å². The van der Waals surface area contributed by atoms with E-state index in [1.807, 2.05) is 6.92 Å². The van der Waals surface area contributed by atoms with Crippen molar-refractivity contribution in [2.75, 3.05) is 6.61 Å². The SMILES string of the molecule is Cc1c(O)c2c(c(C)c1CCO)CC(C)(O)C2(C)O. The molecule has 2 atom stereocenters. The van der Waals surface area contributed by atoms with E-state index in [-0.39, 0.29) is 12.4 Å². The van der Waals surface area contributed by atoms with Gasteiger partial charge in [-0.25, -0.2) is 0 Å². The first-order valence-corrected chi connectivity index (χ1v) is 6.55. The Hall–Kier alpha value is -1.10. The van der Waals surface area contributed by atoms with E-state index in [9.17, 15) is 15.3 Å². The lowest BCUT2D eigenvalue weighted by atomic mass is 9.84. The first-order chi connectivity index (χ1) is 8.65. The normalized spacial score (nSPS) is 29.6. The number of hydrogen-bond acceptors (Lipinski definition) is 4. The van der Waals surface area contributed by atoms with Crippen LogP contribution in [0.15, 0.2) is 0 Å². The van der Waals surface area contributed by atoms with Crippen molar-refractivity contribution < 1.29 is 20.4 Å². The third-order valence-electron chi connectivity index (χ3n) is 4.67. The molecule has 1 aliphatic rings. The minimum absolute atomic E-state index is 0.00664. The predicted molar refractivity (Wildman–Crippen MR) is 72.3 cm³/mol. The number of rotatable bonds is 2. The molecule has 1 aromatic rings. The maximum atomic E-state index is 10.6. The molecule has 0 aromatic heterocycles. The molecule has 4 heteroatoms. The highest BCUT2D eigenvalue weighted by atomic mass is 16.4. The van der Waals surface area contributed by atoms with E-state index in [4.69, 9.17) is 5.11 Å². The Bertz CT molecular complexity index is 530. The zero-order valence-corrected chi connectivity index (χ0v) is 11.9. The number of aromatic hydroxyl groups is 1. The highest BCUT2D eigenvalue weighted by Gasteiger charge is 2.52. The quantitative estimate of drug-likeness (QED) is 0.645. The molecule has 0 heterocycles. The van der Waals surface area contributed by atoms with Crippen LogP contribution < -0.4 is 0 Å². The van der Waals surface area contributed by atoms with Crippen LogP contribution in [0.1, 0.15) is 41.7 Å². The molecule has 0 spiro atoms. The van der Waals surface area contributed by atoms with Gasteiger partial charge in [0.05, 0.1) is 5.60 Å². The second kappa shape index (κ2) is 4.20. The predicted octanol–water partition coefficient (Wildman–Crippen LogP) is 1.06. The number of benzene rings is 1. The molecule has 2 unspecified atom stereocenters. The van der Waals surface area contributed by atoms with E-state index < -0.39 is 11.2 Å². The number of aliphatic hydroxyl groups excluding tert-OH is 1. The molecule has 4 nitrogen and oxygen atoms in total. The van der Waals surface area contributed by atoms with Gasteiger partial charge in [0, 0.05) is 18.6 Å². The summed E-state index contributed by atoms with van der Waals surface area (Å²) in [6, 6.07) is 0. The lowest BCUT2D eigenvalue weighted by Gasteiger charge is -2.32. The van der Waals surface area contributed by atoms with Gasteiger partial charge in [-0.1, -0.05) is 0 Å². The lowest BCUT2D eigenvalue weighted by molar-refractivity contribution is -0.123. The van der Waals surface area contributed by atoms with Crippen molar-refractivity contribution in [1.29, 1.82) is 0 Å². The summed E-state index contributed by atoms with van der Waals surface area (Å²) in [5, 5.41) is 40.5. The summed E-state index contributed by atoms with van der Waals surface area (Å²) in [6.45, 7) is 6.80. The van der Waals surface area contributed by atoms with Crippen LogP contribution in [0.25, 0.3) is 0 Å². The molecule has 106 valence electrons. The number of aliphatic hydroxyl groups is 3. The minimum atomic E-state index is -1.47. The number of phenolic OH excluding ortho intramolecular Hbond substituents is 1. The Morgan fingerprint density at radius 2 is 1.68 bits per heavy atom. The topological polar surface area (TPSA) is 80.9 Å². The molecule has 0 radical (unpaired) electrons. The smallest absolute Gasteiger partial charge is 0.125 e. The Morgan fingerprint density at radius 1 is 1.11 bits per heavy atom. The van der Waals surface area contributed by atoms with E-state index in [0.29, 0.717) is 24.0 Å². The van der Waals surface area contributed by atoms with Crippen LogP contribution in [0.2, 0.25) is 0 Å². The zero-order chi connectivity index (χ0) is 14.6. The first kappa shape index (κ1) is 14.3. The molecule has 0 amide bonds. The van der Waals surface area contributed by atoms with Crippen molar-refractivity contribution in [3.63, 3.8) is 0 Å². The largest absolute Gasteiger partial charge is 0.507 e. The van der Waals surface area contributed by atoms with Crippen LogP contribution >= 0.6 is 0 Å². The molecule has 0 aliphatic heterocycles. The molecule has 1 aliphatic carbocycles. The Balaban J connectivity index is 2.77. The molecule has 0 fully saturated rings. The fourth-order valence-electron chi connectivity index (χ4n) is 3.14. The summed E-state index contributed by atoms with van der Waals surface area (Å²) < 4.78 is 0. The van der Waals surface area contributed by atoms with Crippen molar-refractivity contribution in [1.82, 2.24) is 0 Å². The molecular formula is C15H22O4. The second-order valence-corrected chi connectivity index (χ2v) is 5.93. The van der Waals surface area contributed by atoms with Gasteiger partial charge < -0.3 is 20.4 Å². The van der Waals surface area contributed by atoms with Crippen LogP contribution in [0.4, 0.5) is 0 Å². The highest BCUT2D eigenvalue weighted by Crippen LogP contribution is 2.50. The van der Waals surface area contributed by atoms with Gasteiger partial charge in [-0.3, -0.25) is 0 Å². The van der Waals surface area contributed by atoms with Crippen LogP contribution in [0, 0.1) is 13.8 Å². The molecular weight excluding hydrogens is 244 g/mol. The Morgan fingerprint density at radius 3 is 2.21 bits per heavy atom. The molecule has 0 saturated carbocycles. The van der Waals surface area contributed by atoms with Crippen LogP contribution in [0.5, 0.6) is 5.75 Å². The molecule has 4 N–H and O–H groups in total. The van der Waals surface area contributed by atoms with Gasteiger partial charge in [0.25, 0.3) is 0 Å². The minimum Gasteiger partial charge on any atom is -0.507 e. The average molecular weight is 266 g/mol. The standard InChI is InChI=1S/C15H22O4/c1-8-10(5-6-16)9(2)13(17)12-11(8)7-14(3,18)15(12,4)19/h16-19H,5-7H2,1-4H3. The fourth-order valence-corrected chi connectivity index (χ4v) is 3.14. The van der Waals surface area contributed by atoms with E-state index in [0.717, 1.165) is 16.7 Å². The van der Waals surface area contributed by atoms with Gasteiger partial charge in [0.1, 0.15) is 11.4 Å². The van der Waals surface area contributed by atoms with Crippen molar-refractivity contribution in [3.05, 3.63) is 27.8 Å². The number of hydrogen-bond donors (Lipinski definition) is 4. The summed E-state index contributed by atoms with van der Waals surface area (Å²) in [7, 11) is 0. The average Bonchev–Trinajstić information content (AvgIpc) is 2.49. The van der Waals surface area contributed by atoms with Gasteiger partial charge in [-0.2, -0.15) is 0 Å². The van der Waals surface area contributed by atoms with Gasteiger partial charge in [0.2, 0.25) is 0 Å². The fraction of sp³-hybridized carbons (Fsp3) is 0.600. The maximum Gasteiger partial charge on any atom is 0.125 e. The van der Waals surface area contributed by atoms with Gasteiger partial charge in [0.15, 0.2) is 0 Å². The van der Waals surface area contributed by atoms with Crippen molar-refractivity contribution in [3.8, 4) is 5.75 Å². The maximum absolute atomic E-state index is 10.6. The van der Waals surface area contributed by atoms with Gasteiger partial charge in [-0.05, 0) is 56.4 Å². The lowest BCUT2D eigenvalue weighted by Crippen LogP contribution is -2.44.